The zero-order valence-electron chi connectivity index (χ0n) is 8.89. The van der Waals surface area contributed by atoms with Gasteiger partial charge in [0.1, 0.15) is 5.82 Å². The third-order valence-electron chi connectivity index (χ3n) is 2.02. The molecule has 2 nitrogen and oxygen atoms in total. The van der Waals surface area contributed by atoms with Crippen molar-refractivity contribution in [1.82, 2.24) is 5.32 Å². The SMILES string of the molecule is CNCCC(C)Oc1ccc(F)cc1F. The standard InChI is InChI=1S/C11H15F2NO/c1-8(5-6-14-2)15-11-4-3-9(12)7-10(11)13/h3-4,7-8,14H,5-6H2,1-2H3. The molecule has 0 saturated heterocycles. The molecule has 0 spiro atoms. The van der Waals surface area contributed by atoms with Crippen molar-refractivity contribution in [2.75, 3.05) is 13.6 Å². The van der Waals surface area contributed by atoms with E-state index >= 15 is 0 Å². The van der Waals surface area contributed by atoms with E-state index in [1.165, 1.54) is 12.1 Å². The van der Waals surface area contributed by atoms with Crippen molar-refractivity contribution in [1.29, 1.82) is 0 Å². The molecule has 1 aromatic carbocycles. The number of nitrogens with one attached hydrogen (secondary N) is 1. The summed E-state index contributed by atoms with van der Waals surface area (Å²) in [6, 6.07) is 3.31. The molecule has 0 radical (unpaired) electrons. The molecule has 0 bridgehead atoms. The van der Waals surface area contributed by atoms with Gasteiger partial charge >= 0.3 is 0 Å². The monoisotopic (exact) mass is 215 g/mol. The third kappa shape index (κ3) is 3.83. The predicted octanol–water partition coefficient (Wildman–Crippen LogP) is 2.34. The van der Waals surface area contributed by atoms with Gasteiger partial charge in [0.05, 0.1) is 6.10 Å². The van der Waals surface area contributed by atoms with Gasteiger partial charge in [-0.05, 0) is 39.1 Å². The van der Waals surface area contributed by atoms with E-state index in [1.807, 2.05) is 14.0 Å². The molecule has 15 heavy (non-hydrogen) atoms. The Morgan fingerprint density at radius 3 is 2.73 bits per heavy atom. The van der Waals surface area contributed by atoms with Crippen LogP contribution in [-0.4, -0.2) is 19.7 Å². The smallest absolute Gasteiger partial charge is 0.167 e. The van der Waals surface area contributed by atoms with Gasteiger partial charge in [-0.25, -0.2) is 8.78 Å². The Balaban J connectivity index is 2.56. The number of ether oxygens (including phenoxy) is 1. The fourth-order valence-corrected chi connectivity index (χ4v) is 1.19. The van der Waals surface area contributed by atoms with Gasteiger partial charge in [-0.2, -0.15) is 0 Å². The summed E-state index contributed by atoms with van der Waals surface area (Å²) in [7, 11) is 1.84. The quantitative estimate of drug-likeness (QED) is 0.814. The summed E-state index contributed by atoms with van der Waals surface area (Å²) in [5.41, 5.74) is 0. The van der Waals surface area contributed by atoms with E-state index in [0.717, 1.165) is 19.0 Å². The summed E-state index contributed by atoms with van der Waals surface area (Å²) in [5.74, 6) is -1.16. The van der Waals surface area contributed by atoms with Crippen LogP contribution in [0, 0.1) is 11.6 Å². The fourth-order valence-electron chi connectivity index (χ4n) is 1.19. The molecule has 1 N–H and O–H groups in total. The first-order valence-electron chi connectivity index (χ1n) is 4.89. The second kappa shape index (κ2) is 5.66. The largest absolute Gasteiger partial charge is 0.488 e. The number of halogens is 2. The second-order valence-electron chi connectivity index (χ2n) is 3.40. The van der Waals surface area contributed by atoms with Crippen LogP contribution >= 0.6 is 0 Å². The summed E-state index contributed by atoms with van der Waals surface area (Å²) >= 11 is 0. The summed E-state index contributed by atoms with van der Waals surface area (Å²) in [5, 5.41) is 2.97. The van der Waals surface area contributed by atoms with Crippen molar-refractivity contribution < 1.29 is 13.5 Å². The Kier molecular flexibility index (Phi) is 4.49. The van der Waals surface area contributed by atoms with Crippen molar-refractivity contribution in [2.24, 2.45) is 0 Å². The van der Waals surface area contributed by atoms with Crippen LogP contribution in [0.25, 0.3) is 0 Å². The van der Waals surface area contributed by atoms with Crippen LogP contribution in [0.2, 0.25) is 0 Å². The maximum atomic E-state index is 13.2. The van der Waals surface area contributed by atoms with Gasteiger partial charge in [-0.15, -0.1) is 0 Å². The van der Waals surface area contributed by atoms with Crippen LogP contribution in [0.4, 0.5) is 8.78 Å². The van der Waals surface area contributed by atoms with Crippen LogP contribution in [0.15, 0.2) is 18.2 Å². The van der Waals surface area contributed by atoms with Crippen molar-refractivity contribution in [3.63, 3.8) is 0 Å². The van der Waals surface area contributed by atoms with E-state index in [1.54, 1.807) is 0 Å². The molecule has 1 atom stereocenters. The fraction of sp³-hybridized carbons (Fsp3) is 0.455. The lowest BCUT2D eigenvalue weighted by Gasteiger charge is -2.14. The summed E-state index contributed by atoms with van der Waals surface area (Å²) in [6.45, 7) is 2.64. The summed E-state index contributed by atoms with van der Waals surface area (Å²) < 4.78 is 31.1. The molecule has 0 saturated carbocycles. The number of hydrogen-bond acceptors (Lipinski definition) is 2. The molecular weight excluding hydrogens is 200 g/mol. The van der Waals surface area contributed by atoms with Gasteiger partial charge in [-0.3, -0.25) is 0 Å². The number of hydrogen-bond donors (Lipinski definition) is 1. The van der Waals surface area contributed by atoms with Crippen LogP contribution in [0.3, 0.4) is 0 Å². The average Bonchev–Trinajstić information content (AvgIpc) is 2.19. The molecule has 84 valence electrons. The van der Waals surface area contributed by atoms with Crippen molar-refractivity contribution in [3.8, 4) is 5.75 Å². The highest BCUT2D eigenvalue weighted by molar-refractivity contribution is 5.24. The maximum absolute atomic E-state index is 13.2. The lowest BCUT2D eigenvalue weighted by atomic mass is 10.2. The zero-order chi connectivity index (χ0) is 11.3. The van der Waals surface area contributed by atoms with Crippen molar-refractivity contribution in [3.05, 3.63) is 29.8 Å². The van der Waals surface area contributed by atoms with Crippen LogP contribution in [-0.2, 0) is 0 Å². The lowest BCUT2D eigenvalue weighted by molar-refractivity contribution is 0.201. The van der Waals surface area contributed by atoms with Gasteiger partial charge in [0.15, 0.2) is 11.6 Å². The van der Waals surface area contributed by atoms with E-state index < -0.39 is 11.6 Å². The average molecular weight is 215 g/mol. The zero-order valence-corrected chi connectivity index (χ0v) is 8.89. The van der Waals surface area contributed by atoms with Gasteiger partial charge in [0.2, 0.25) is 0 Å². The van der Waals surface area contributed by atoms with Gasteiger partial charge in [0, 0.05) is 6.07 Å². The minimum Gasteiger partial charge on any atom is -0.488 e. The van der Waals surface area contributed by atoms with E-state index in [9.17, 15) is 8.78 Å². The first kappa shape index (κ1) is 11.9. The van der Waals surface area contributed by atoms with Crippen LogP contribution in [0.5, 0.6) is 5.75 Å². The van der Waals surface area contributed by atoms with Crippen LogP contribution < -0.4 is 10.1 Å². The molecule has 0 aliphatic rings. The molecule has 4 heteroatoms. The van der Waals surface area contributed by atoms with Crippen LogP contribution in [0.1, 0.15) is 13.3 Å². The lowest BCUT2D eigenvalue weighted by Crippen LogP contribution is -2.19. The highest BCUT2D eigenvalue weighted by atomic mass is 19.1. The molecule has 0 heterocycles. The molecule has 0 aliphatic heterocycles. The molecule has 1 unspecified atom stereocenters. The van der Waals surface area contributed by atoms with E-state index in [2.05, 4.69) is 5.32 Å². The Morgan fingerprint density at radius 2 is 2.13 bits per heavy atom. The molecular formula is C11H15F2NO. The Hall–Kier alpha value is -1.16. The van der Waals surface area contributed by atoms with E-state index in [0.29, 0.717) is 0 Å². The Bertz CT molecular complexity index is 317. The van der Waals surface area contributed by atoms with Crippen molar-refractivity contribution >= 4 is 0 Å². The molecule has 0 aromatic heterocycles. The highest BCUT2D eigenvalue weighted by Crippen LogP contribution is 2.19. The number of rotatable bonds is 5. The molecule has 1 aromatic rings. The topological polar surface area (TPSA) is 21.3 Å². The van der Waals surface area contributed by atoms with E-state index in [4.69, 9.17) is 4.74 Å². The molecule has 1 rings (SSSR count). The second-order valence-corrected chi connectivity index (χ2v) is 3.40. The third-order valence-corrected chi connectivity index (χ3v) is 2.02. The minimum atomic E-state index is -0.661. The Morgan fingerprint density at radius 1 is 1.40 bits per heavy atom. The summed E-state index contributed by atoms with van der Waals surface area (Å²) in [4.78, 5) is 0. The summed E-state index contributed by atoms with van der Waals surface area (Å²) in [6.07, 6.45) is 0.672. The highest BCUT2D eigenvalue weighted by Gasteiger charge is 2.08. The van der Waals surface area contributed by atoms with Crippen molar-refractivity contribution in [2.45, 2.75) is 19.4 Å². The first-order chi connectivity index (χ1) is 7.13. The van der Waals surface area contributed by atoms with Gasteiger partial charge in [0.25, 0.3) is 0 Å². The minimum absolute atomic E-state index is 0.0972. The predicted molar refractivity (Wildman–Crippen MR) is 55.0 cm³/mol. The molecule has 0 fully saturated rings. The normalized spacial score (nSPS) is 12.5. The number of benzene rings is 1. The Labute approximate surface area is 88.3 Å². The van der Waals surface area contributed by atoms with Gasteiger partial charge < -0.3 is 10.1 Å². The maximum Gasteiger partial charge on any atom is 0.167 e. The molecule has 0 aliphatic carbocycles. The van der Waals surface area contributed by atoms with E-state index in [-0.39, 0.29) is 11.9 Å². The molecule has 0 amide bonds. The van der Waals surface area contributed by atoms with Gasteiger partial charge in [-0.1, -0.05) is 0 Å². The first-order valence-corrected chi connectivity index (χ1v) is 4.89.